The molecule has 0 bridgehead atoms. The summed E-state index contributed by atoms with van der Waals surface area (Å²) >= 11 is 1.74. The zero-order valence-corrected chi connectivity index (χ0v) is 12.5. The van der Waals surface area contributed by atoms with Crippen molar-refractivity contribution in [2.75, 3.05) is 44.7 Å². The third-order valence-electron chi connectivity index (χ3n) is 4.22. The number of piperidine rings is 2. The Morgan fingerprint density at radius 1 is 1.17 bits per heavy atom. The molecule has 2 rings (SSSR count). The standard InChI is InChI=1S/C14H28N2OS/c1-18-12-14(17)11-15-7-5-6-13(10-15)16-8-3-2-4-9-16/h13-14,17H,2-12H2,1H3/t13-,14+/m1/s1. The van der Waals surface area contributed by atoms with Crippen molar-refractivity contribution in [1.29, 1.82) is 0 Å². The molecule has 0 amide bonds. The number of hydrogen-bond donors (Lipinski definition) is 1. The highest BCUT2D eigenvalue weighted by molar-refractivity contribution is 7.98. The Labute approximate surface area is 116 Å². The largest absolute Gasteiger partial charge is 0.391 e. The summed E-state index contributed by atoms with van der Waals surface area (Å²) in [6.45, 7) is 5.81. The van der Waals surface area contributed by atoms with Crippen molar-refractivity contribution in [1.82, 2.24) is 9.80 Å². The molecule has 2 atom stereocenters. The Bertz CT molecular complexity index is 234. The van der Waals surface area contributed by atoms with Crippen LogP contribution in [-0.2, 0) is 0 Å². The summed E-state index contributed by atoms with van der Waals surface area (Å²) in [4.78, 5) is 5.17. The van der Waals surface area contributed by atoms with Gasteiger partial charge >= 0.3 is 0 Å². The maximum absolute atomic E-state index is 9.92. The van der Waals surface area contributed by atoms with E-state index < -0.39 is 0 Å². The van der Waals surface area contributed by atoms with Crippen LogP contribution >= 0.6 is 11.8 Å². The first-order valence-electron chi connectivity index (χ1n) is 7.43. The van der Waals surface area contributed by atoms with Gasteiger partial charge in [0.1, 0.15) is 0 Å². The van der Waals surface area contributed by atoms with Crippen LogP contribution in [0.25, 0.3) is 0 Å². The third kappa shape index (κ3) is 4.41. The van der Waals surface area contributed by atoms with Crippen molar-refractivity contribution in [2.24, 2.45) is 0 Å². The van der Waals surface area contributed by atoms with E-state index in [0.29, 0.717) is 0 Å². The highest BCUT2D eigenvalue weighted by atomic mass is 32.2. The summed E-state index contributed by atoms with van der Waals surface area (Å²) in [7, 11) is 0. The second-order valence-corrected chi connectivity index (χ2v) is 6.67. The normalized spacial score (nSPS) is 29.3. The van der Waals surface area contributed by atoms with Crippen LogP contribution in [0, 0.1) is 0 Å². The third-order valence-corrected chi connectivity index (χ3v) is 4.93. The predicted molar refractivity (Wildman–Crippen MR) is 79.3 cm³/mol. The first-order chi connectivity index (χ1) is 8.79. The van der Waals surface area contributed by atoms with Gasteiger partial charge in [-0.1, -0.05) is 6.42 Å². The van der Waals surface area contributed by atoms with E-state index in [2.05, 4.69) is 16.1 Å². The van der Waals surface area contributed by atoms with Gasteiger partial charge in [0.15, 0.2) is 0 Å². The molecular weight excluding hydrogens is 244 g/mol. The Balaban J connectivity index is 1.76. The van der Waals surface area contributed by atoms with E-state index in [4.69, 9.17) is 0 Å². The maximum atomic E-state index is 9.92. The summed E-state index contributed by atoms with van der Waals surface area (Å²) in [5.74, 6) is 0.866. The zero-order chi connectivity index (χ0) is 12.8. The minimum atomic E-state index is -0.153. The molecule has 0 aromatic carbocycles. The van der Waals surface area contributed by atoms with E-state index in [9.17, 15) is 5.11 Å². The number of nitrogens with zero attached hydrogens (tertiary/aromatic N) is 2. The fourth-order valence-electron chi connectivity index (χ4n) is 3.32. The second kappa shape index (κ2) is 7.73. The van der Waals surface area contributed by atoms with Crippen LogP contribution in [0.3, 0.4) is 0 Å². The van der Waals surface area contributed by atoms with Gasteiger partial charge in [-0.05, 0) is 51.6 Å². The van der Waals surface area contributed by atoms with Gasteiger partial charge in [-0.2, -0.15) is 11.8 Å². The quantitative estimate of drug-likeness (QED) is 0.823. The smallest absolute Gasteiger partial charge is 0.0757 e. The van der Waals surface area contributed by atoms with Crippen LogP contribution < -0.4 is 0 Å². The van der Waals surface area contributed by atoms with Gasteiger partial charge in [0, 0.05) is 24.9 Å². The molecule has 0 aliphatic carbocycles. The molecule has 2 saturated heterocycles. The van der Waals surface area contributed by atoms with Gasteiger partial charge in [0.25, 0.3) is 0 Å². The molecule has 1 N–H and O–H groups in total. The highest BCUT2D eigenvalue weighted by Crippen LogP contribution is 2.20. The summed E-state index contributed by atoms with van der Waals surface area (Å²) in [6, 6.07) is 0.750. The minimum Gasteiger partial charge on any atom is -0.391 e. The number of aliphatic hydroxyl groups excluding tert-OH is 1. The lowest BCUT2D eigenvalue weighted by atomic mass is 10.0. The molecule has 2 heterocycles. The van der Waals surface area contributed by atoms with Crippen LogP contribution in [0.2, 0.25) is 0 Å². The number of aliphatic hydroxyl groups is 1. The van der Waals surface area contributed by atoms with Crippen LogP contribution in [0.1, 0.15) is 32.1 Å². The molecule has 0 aromatic heterocycles. The van der Waals surface area contributed by atoms with Crippen LogP contribution in [-0.4, -0.2) is 71.8 Å². The van der Waals surface area contributed by atoms with Crippen molar-refractivity contribution >= 4 is 11.8 Å². The Kier molecular flexibility index (Phi) is 6.29. The molecule has 0 radical (unpaired) electrons. The van der Waals surface area contributed by atoms with Crippen LogP contribution in [0.5, 0.6) is 0 Å². The van der Waals surface area contributed by atoms with Crippen molar-refractivity contribution in [3.8, 4) is 0 Å². The average Bonchev–Trinajstić information content (AvgIpc) is 2.40. The summed E-state index contributed by atoms with van der Waals surface area (Å²) in [5, 5.41) is 9.92. The van der Waals surface area contributed by atoms with E-state index in [1.165, 1.54) is 58.3 Å². The molecule has 18 heavy (non-hydrogen) atoms. The van der Waals surface area contributed by atoms with E-state index >= 15 is 0 Å². The molecule has 0 spiro atoms. The first-order valence-corrected chi connectivity index (χ1v) is 8.82. The van der Waals surface area contributed by atoms with Gasteiger partial charge < -0.3 is 5.11 Å². The first kappa shape index (κ1) is 14.6. The van der Waals surface area contributed by atoms with Crippen molar-refractivity contribution < 1.29 is 5.11 Å². The lowest BCUT2D eigenvalue weighted by Gasteiger charge is -2.41. The Morgan fingerprint density at radius 2 is 1.94 bits per heavy atom. The topological polar surface area (TPSA) is 26.7 Å². The van der Waals surface area contributed by atoms with Crippen molar-refractivity contribution in [3.05, 3.63) is 0 Å². The lowest BCUT2D eigenvalue weighted by molar-refractivity contribution is 0.0566. The molecule has 3 nitrogen and oxygen atoms in total. The number of β-amino-alcohol motifs (C(OH)–C–C–N with tert-alkyl or cyclic N) is 1. The fourth-order valence-corrected chi connectivity index (χ4v) is 3.81. The summed E-state index contributed by atoms with van der Waals surface area (Å²) < 4.78 is 0. The second-order valence-electron chi connectivity index (χ2n) is 5.76. The molecular formula is C14H28N2OS. The van der Waals surface area contributed by atoms with E-state index in [1.54, 1.807) is 11.8 Å². The van der Waals surface area contributed by atoms with Gasteiger partial charge in [-0.3, -0.25) is 9.80 Å². The van der Waals surface area contributed by atoms with Gasteiger partial charge in [0.05, 0.1) is 6.10 Å². The summed E-state index contributed by atoms with van der Waals surface area (Å²) in [6.07, 6.45) is 8.74. The van der Waals surface area contributed by atoms with Gasteiger partial charge in [-0.25, -0.2) is 0 Å². The maximum Gasteiger partial charge on any atom is 0.0757 e. The van der Waals surface area contributed by atoms with Crippen molar-refractivity contribution in [2.45, 2.75) is 44.2 Å². The molecule has 2 aliphatic heterocycles. The molecule has 0 unspecified atom stereocenters. The van der Waals surface area contributed by atoms with E-state index in [0.717, 1.165) is 18.3 Å². The molecule has 2 fully saturated rings. The Hall–Kier alpha value is 0.230. The monoisotopic (exact) mass is 272 g/mol. The number of thioether (sulfide) groups is 1. The van der Waals surface area contributed by atoms with E-state index in [1.807, 2.05) is 0 Å². The number of likely N-dealkylation sites (tertiary alicyclic amines) is 2. The number of rotatable bonds is 5. The predicted octanol–water partition coefficient (Wildman–Crippen LogP) is 1.66. The van der Waals surface area contributed by atoms with Gasteiger partial charge in [0.2, 0.25) is 0 Å². The summed E-state index contributed by atoms with van der Waals surface area (Å²) in [5.41, 5.74) is 0. The fraction of sp³-hybridized carbons (Fsp3) is 1.00. The van der Waals surface area contributed by atoms with E-state index in [-0.39, 0.29) is 6.10 Å². The molecule has 106 valence electrons. The SMILES string of the molecule is CSC[C@@H](O)CN1CCC[C@@H](N2CCCCC2)C1. The zero-order valence-electron chi connectivity index (χ0n) is 11.7. The van der Waals surface area contributed by atoms with Crippen molar-refractivity contribution in [3.63, 3.8) is 0 Å². The molecule has 4 heteroatoms. The lowest BCUT2D eigenvalue weighted by Crippen LogP contribution is -2.51. The van der Waals surface area contributed by atoms with Crippen LogP contribution in [0.15, 0.2) is 0 Å². The number of hydrogen-bond acceptors (Lipinski definition) is 4. The average molecular weight is 272 g/mol. The Morgan fingerprint density at radius 3 is 2.67 bits per heavy atom. The van der Waals surface area contributed by atoms with Gasteiger partial charge in [-0.15, -0.1) is 0 Å². The highest BCUT2D eigenvalue weighted by Gasteiger charge is 2.26. The molecule has 2 aliphatic rings. The van der Waals surface area contributed by atoms with Crippen LogP contribution in [0.4, 0.5) is 0 Å². The minimum absolute atomic E-state index is 0.153. The molecule has 0 aromatic rings. The molecule has 0 saturated carbocycles.